The number of carbonyl (C=O) groups excluding carboxylic acids is 3. The molecule has 1 heterocycles. The van der Waals surface area contributed by atoms with Crippen LogP contribution in [0.15, 0.2) is 24.3 Å². The maximum absolute atomic E-state index is 12.8. The molecule has 2 rings (SSSR count). The lowest BCUT2D eigenvalue weighted by Gasteiger charge is -2.25. The molecule has 1 aliphatic rings. The minimum absolute atomic E-state index is 0.322. The van der Waals surface area contributed by atoms with E-state index in [-0.39, 0.29) is 0 Å². The number of benzene rings is 1. The van der Waals surface area contributed by atoms with Gasteiger partial charge < -0.3 is 4.74 Å². The van der Waals surface area contributed by atoms with Gasteiger partial charge in [-0.3, -0.25) is 14.5 Å². The number of rotatable bonds is 11. The third-order valence-corrected chi connectivity index (χ3v) is 5.24. The molecule has 0 saturated carbocycles. The Balaban J connectivity index is 2.12. The lowest BCUT2D eigenvalue weighted by molar-refractivity contribution is -0.150. The van der Waals surface area contributed by atoms with E-state index < -0.39 is 23.8 Å². The predicted octanol–water partition coefficient (Wildman–Crippen LogP) is 4.60. The Hall–Kier alpha value is -2.17. The second kappa shape index (κ2) is 10.2. The van der Waals surface area contributed by atoms with Crippen LogP contribution in [-0.4, -0.2) is 35.3 Å². The number of hydrogen-bond acceptors (Lipinski definition) is 4. The summed E-state index contributed by atoms with van der Waals surface area (Å²) in [4.78, 5) is 39.4. The summed E-state index contributed by atoms with van der Waals surface area (Å²) < 4.78 is 5.57. The Morgan fingerprint density at radius 3 is 2.04 bits per heavy atom. The smallest absolute Gasteiger partial charge is 0.329 e. The van der Waals surface area contributed by atoms with Crippen LogP contribution in [0.4, 0.5) is 0 Å². The first-order valence-electron chi connectivity index (χ1n) is 10.2. The molecule has 1 aromatic carbocycles. The van der Waals surface area contributed by atoms with E-state index in [0.717, 1.165) is 43.4 Å². The van der Waals surface area contributed by atoms with Gasteiger partial charge in [0.1, 0.15) is 6.04 Å². The van der Waals surface area contributed by atoms with Crippen LogP contribution < -0.4 is 0 Å². The lowest BCUT2D eigenvalue weighted by Crippen LogP contribution is -2.46. The van der Waals surface area contributed by atoms with Gasteiger partial charge in [-0.2, -0.15) is 0 Å². The number of amides is 2. The number of hydrogen-bond donors (Lipinski definition) is 0. The number of imide groups is 1. The fourth-order valence-electron chi connectivity index (χ4n) is 3.44. The molecule has 0 saturated heterocycles. The van der Waals surface area contributed by atoms with Crippen LogP contribution in [0.2, 0.25) is 0 Å². The van der Waals surface area contributed by atoms with Gasteiger partial charge in [-0.25, -0.2) is 4.79 Å². The van der Waals surface area contributed by atoms with E-state index in [1.54, 1.807) is 24.3 Å². The summed E-state index contributed by atoms with van der Waals surface area (Å²) in [6.07, 6.45) is 6.24. The number of esters is 1. The van der Waals surface area contributed by atoms with Crippen molar-refractivity contribution in [1.82, 2.24) is 4.90 Å². The van der Waals surface area contributed by atoms with Crippen molar-refractivity contribution in [2.24, 2.45) is 5.92 Å². The molecule has 0 aromatic heterocycles. The molecule has 1 aromatic rings. The predicted molar refractivity (Wildman–Crippen MR) is 105 cm³/mol. The highest BCUT2D eigenvalue weighted by molar-refractivity contribution is 6.22. The molecule has 0 radical (unpaired) electrons. The molecule has 5 heteroatoms. The average molecular weight is 373 g/mol. The van der Waals surface area contributed by atoms with Crippen LogP contribution >= 0.6 is 0 Å². The summed E-state index contributed by atoms with van der Waals surface area (Å²) in [6.45, 7) is 6.60. The van der Waals surface area contributed by atoms with Gasteiger partial charge in [0.15, 0.2) is 0 Å². The van der Waals surface area contributed by atoms with Crippen molar-refractivity contribution in [2.45, 2.75) is 71.8 Å². The molecule has 5 nitrogen and oxygen atoms in total. The van der Waals surface area contributed by atoms with Crippen LogP contribution in [0.25, 0.3) is 0 Å². The number of unbranched alkanes of at least 4 members (excludes halogenated alkanes) is 2. The Kier molecular flexibility index (Phi) is 8.01. The number of nitrogens with zero attached hydrogens (tertiary/aromatic N) is 1. The Bertz CT molecular complexity index is 635. The Morgan fingerprint density at radius 1 is 0.963 bits per heavy atom. The highest BCUT2D eigenvalue weighted by atomic mass is 16.5. The van der Waals surface area contributed by atoms with Gasteiger partial charge in [0.25, 0.3) is 11.8 Å². The third-order valence-electron chi connectivity index (χ3n) is 5.24. The number of carbonyl (C=O) groups is 3. The molecule has 2 unspecified atom stereocenters. The van der Waals surface area contributed by atoms with E-state index in [4.69, 9.17) is 4.74 Å². The average Bonchev–Trinajstić information content (AvgIpc) is 2.94. The van der Waals surface area contributed by atoms with Gasteiger partial charge in [0, 0.05) is 0 Å². The SMILES string of the molecule is CCCCC(CC)COC(=O)C(CCCC)N1C(=O)c2ccccc2C1=O. The highest BCUT2D eigenvalue weighted by Gasteiger charge is 2.43. The quantitative estimate of drug-likeness (QED) is 0.420. The fourth-order valence-corrected chi connectivity index (χ4v) is 3.44. The Labute approximate surface area is 162 Å². The van der Waals surface area contributed by atoms with Crippen molar-refractivity contribution in [3.8, 4) is 0 Å². The summed E-state index contributed by atoms with van der Waals surface area (Å²) in [7, 11) is 0. The van der Waals surface area contributed by atoms with Crippen LogP contribution in [0, 0.1) is 5.92 Å². The fraction of sp³-hybridized carbons (Fsp3) is 0.591. The molecule has 0 bridgehead atoms. The molecule has 148 valence electrons. The van der Waals surface area contributed by atoms with Crippen molar-refractivity contribution in [2.75, 3.05) is 6.61 Å². The van der Waals surface area contributed by atoms with Gasteiger partial charge in [0.05, 0.1) is 17.7 Å². The zero-order chi connectivity index (χ0) is 19.8. The maximum atomic E-state index is 12.8. The maximum Gasteiger partial charge on any atom is 0.329 e. The molecule has 27 heavy (non-hydrogen) atoms. The van der Waals surface area contributed by atoms with Crippen molar-refractivity contribution in [3.05, 3.63) is 35.4 Å². The third kappa shape index (κ3) is 4.96. The van der Waals surface area contributed by atoms with Crippen molar-refractivity contribution in [1.29, 1.82) is 0 Å². The summed E-state index contributed by atoms with van der Waals surface area (Å²) >= 11 is 0. The van der Waals surface area contributed by atoms with Crippen LogP contribution in [-0.2, 0) is 9.53 Å². The largest absolute Gasteiger partial charge is 0.464 e. The topological polar surface area (TPSA) is 63.7 Å². The van der Waals surface area contributed by atoms with Gasteiger partial charge in [0.2, 0.25) is 0 Å². The second-order valence-electron chi connectivity index (χ2n) is 7.23. The number of fused-ring (bicyclic) bond motifs is 1. The summed E-state index contributed by atoms with van der Waals surface area (Å²) in [5, 5.41) is 0. The van der Waals surface area contributed by atoms with Crippen molar-refractivity contribution in [3.63, 3.8) is 0 Å². The van der Waals surface area contributed by atoms with Crippen LogP contribution in [0.5, 0.6) is 0 Å². The first-order valence-corrected chi connectivity index (χ1v) is 10.2. The molecule has 0 aliphatic carbocycles. The normalized spacial score (nSPS) is 15.6. The molecule has 2 atom stereocenters. The van der Waals surface area contributed by atoms with Crippen LogP contribution in [0.3, 0.4) is 0 Å². The van der Waals surface area contributed by atoms with E-state index in [0.29, 0.717) is 30.1 Å². The van der Waals surface area contributed by atoms with Gasteiger partial charge in [-0.05, 0) is 30.9 Å². The minimum atomic E-state index is -0.846. The molecule has 0 fully saturated rings. The molecule has 0 N–H and O–H groups in total. The van der Waals surface area contributed by atoms with E-state index >= 15 is 0 Å². The van der Waals surface area contributed by atoms with Gasteiger partial charge in [-0.15, -0.1) is 0 Å². The highest BCUT2D eigenvalue weighted by Crippen LogP contribution is 2.27. The first kappa shape index (κ1) is 21.1. The van der Waals surface area contributed by atoms with E-state index in [1.165, 1.54) is 0 Å². The first-order chi connectivity index (χ1) is 13.0. The lowest BCUT2D eigenvalue weighted by atomic mass is 10.0. The van der Waals surface area contributed by atoms with Crippen molar-refractivity contribution < 1.29 is 19.1 Å². The summed E-state index contributed by atoms with van der Waals surface area (Å²) in [5.74, 6) is -0.936. The monoisotopic (exact) mass is 373 g/mol. The zero-order valence-electron chi connectivity index (χ0n) is 16.7. The minimum Gasteiger partial charge on any atom is -0.464 e. The van der Waals surface area contributed by atoms with E-state index in [1.807, 2.05) is 6.92 Å². The molecule has 2 amide bonds. The standard InChI is InChI=1S/C22H31NO4/c1-4-7-11-16(6-3)15-27-22(26)19(14-8-5-2)23-20(24)17-12-9-10-13-18(17)21(23)25/h9-10,12-13,16,19H,4-8,11,14-15H2,1-3H3. The Morgan fingerprint density at radius 2 is 1.52 bits per heavy atom. The van der Waals surface area contributed by atoms with Gasteiger partial charge in [-0.1, -0.05) is 65.0 Å². The summed E-state index contributed by atoms with van der Waals surface area (Å²) in [5.41, 5.74) is 0.734. The van der Waals surface area contributed by atoms with E-state index in [2.05, 4.69) is 13.8 Å². The molecular formula is C22H31NO4. The van der Waals surface area contributed by atoms with E-state index in [9.17, 15) is 14.4 Å². The zero-order valence-corrected chi connectivity index (χ0v) is 16.7. The summed E-state index contributed by atoms with van der Waals surface area (Å²) in [6, 6.07) is 5.88. The van der Waals surface area contributed by atoms with Crippen LogP contribution in [0.1, 0.15) is 86.4 Å². The molecule has 1 aliphatic heterocycles. The van der Waals surface area contributed by atoms with Gasteiger partial charge >= 0.3 is 5.97 Å². The number of ether oxygens (including phenoxy) is 1. The molecule has 0 spiro atoms. The van der Waals surface area contributed by atoms with Crippen molar-refractivity contribution >= 4 is 17.8 Å². The molecular weight excluding hydrogens is 342 g/mol. The second-order valence-corrected chi connectivity index (χ2v) is 7.23.